The minimum atomic E-state index is -0.710. The number of thiazole rings is 1. The van der Waals surface area contributed by atoms with Crippen molar-refractivity contribution < 1.29 is 19.1 Å². The van der Waals surface area contributed by atoms with E-state index < -0.39 is 16.3 Å². The molecule has 2 aromatic heterocycles. The molecule has 3 aliphatic rings. The lowest BCUT2D eigenvalue weighted by Crippen LogP contribution is -2.44. The van der Waals surface area contributed by atoms with Crippen LogP contribution in [0.1, 0.15) is 47.6 Å². The number of hydrogen-bond acceptors (Lipinski definition) is 7. The molecule has 9 nitrogen and oxygen atoms in total. The first-order chi connectivity index (χ1) is 17.7. The molecule has 0 bridgehead atoms. The molecule has 4 atom stereocenters. The largest absolute Gasteiger partial charge is 0.486 e. The zero-order valence-electron chi connectivity index (χ0n) is 19.8. The lowest BCUT2D eigenvalue weighted by molar-refractivity contribution is -0.139. The second-order valence-electron chi connectivity index (χ2n) is 10.0. The predicted molar refractivity (Wildman–Crippen MR) is 139 cm³/mol. The highest BCUT2D eigenvalue weighted by Crippen LogP contribution is 2.55. The van der Waals surface area contributed by atoms with E-state index in [9.17, 15) is 14.4 Å². The van der Waals surface area contributed by atoms with Gasteiger partial charge in [-0.2, -0.15) is 5.10 Å². The molecule has 1 aliphatic heterocycles. The third kappa shape index (κ3) is 4.82. The average molecular weight is 562 g/mol. The van der Waals surface area contributed by atoms with Gasteiger partial charge in [0.05, 0.1) is 11.6 Å². The molecule has 0 spiro atoms. The number of Topliss-reactive ketones (excluding diaryl/α,β-unsaturated/α-hetero) is 1. The molecule has 12 heteroatoms. The SMILES string of the molecule is NC(=O)c1nn(CC(=O)N2[C@@H]3C[C@@H]3C[C@H]2C(=O)CC[C@H]2CC2(Cl)Cl)c2ccc(OCc3nccs3)cc12. The number of benzene rings is 1. The van der Waals surface area contributed by atoms with Crippen molar-refractivity contribution in [2.45, 2.75) is 61.7 Å². The van der Waals surface area contributed by atoms with E-state index in [4.69, 9.17) is 33.7 Å². The number of aromatic nitrogens is 3. The van der Waals surface area contributed by atoms with Crippen molar-refractivity contribution in [1.82, 2.24) is 19.7 Å². The van der Waals surface area contributed by atoms with Crippen LogP contribution in [0.3, 0.4) is 0 Å². The second kappa shape index (κ2) is 9.25. The lowest BCUT2D eigenvalue weighted by atomic mass is 10.0. The summed E-state index contributed by atoms with van der Waals surface area (Å²) in [4.78, 5) is 44.6. The van der Waals surface area contributed by atoms with Crippen LogP contribution in [-0.4, -0.2) is 53.7 Å². The van der Waals surface area contributed by atoms with Gasteiger partial charge < -0.3 is 15.4 Å². The molecule has 0 radical (unpaired) electrons. The summed E-state index contributed by atoms with van der Waals surface area (Å²) in [5.74, 6) is 0.213. The number of carbonyl (C=O) groups is 3. The number of ketones is 1. The average Bonchev–Trinajstić information content (AvgIpc) is 3.47. The Morgan fingerprint density at radius 3 is 2.76 bits per heavy atom. The van der Waals surface area contributed by atoms with Crippen molar-refractivity contribution in [2.24, 2.45) is 17.6 Å². The summed E-state index contributed by atoms with van der Waals surface area (Å²) in [6.07, 6.45) is 5.01. The molecule has 37 heavy (non-hydrogen) atoms. The van der Waals surface area contributed by atoms with Crippen molar-refractivity contribution in [3.05, 3.63) is 40.5 Å². The Kier molecular flexibility index (Phi) is 6.16. The van der Waals surface area contributed by atoms with Crippen molar-refractivity contribution in [3.63, 3.8) is 0 Å². The number of amides is 2. The number of carbonyl (C=O) groups excluding carboxylic acids is 3. The van der Waals surface area contributed by atoms with E-state index in [1.807, 2.05) is 5.38 Å². The van der Waals surface area contributed by atoms with E-state index in [-0.39, 0.29) is 35.9 Å². The summed E-state index contributed by atoms with van der Waals surface area (Å²) in [7, 11) is 0. The van der Waals surface area contributed by atoms with Crippen LogP contribution in [-0.2, 0) is 22.7 Å². The Morgan fingerprint density at radius 1 is 1.24 bits per heavy atom. The van der Waals surface area contributed by atoms with E-state index in [2.05, 4.69) is 10.1 Å². The van der Waals surface area contributed by atoms with Gasteiger partial charge in [-0.1, -0.05) is 0 Å². The summed E-state index contributed by atoms with van der Waals surface area (Å²) in [5, 5.41) is 7.56. The predicted octanol–water partition coefficient (Wildman–Crippen LogP) is 3.70. The normalized spacial score (nSPS) is 25.2. The van der Waals surface area contributed by atoms with Gasteiger partial charge in [0, 0.05) is 29.4 Å². The molecule has 2 N–H and O–H groups in total. The molecular formula is C25H25Cl2N5O4S. The van der Waals surface area contributed by atoms with Crippen LogP contribution in [0.15, 0.2) is 29.8 Å². The third-order valence-electron chi connectivity index (χ3n) is 7.55. The van der Waals surface area contributed by atoms with Crippen LogP contribution in [0.2, 0.25) is 0 Å². The molecule has 3 heterocycles. The first-order valence-corrected chi connectivity index (χ1v) is 13.9. The topological polar surface area (TPSA) is 120 Å². The number of nitrogens with zero attached hydrogens (tertiary/aromatic N) is 4. The number of halogens is 2. The maximum absolute atomic E-state index is 13.5. The van der Waals surface area contributed by atoms with Crippen LogP contribution in [0.4, 0.5) is 0 Å². The summed E-state index contributed by atoms with van der Waals surface area (Å²) < 4.78 is 6.59. The fraction of sp³-hybridized carbons (Fsp3) is 0.480. The second-order valence-corrected chi connectivity index (χ2v) is 12.6. The summed E-state index contributed by atoms with van der Waals surface area (Å²) in [6.45, 7) is 0.206. The number of alkyl halides is 2. The standard InChI is InChI=1S/C25H25Cl2N5O4S/c26-25(27)10-14(25)1-4-20(33)19-8-13-7-18(13)32(19)22(34)11-31-17-3-2-15(36-12-21-29-5-6-37-21)9-16(17)23(30-31)24(28)35/h2-3,5-6,9,13-14,18-19H,1,4,7-8,10-12H2,(H2,28,35)/t13-,14+,18-,19+/m1/s1. The summed E-state index contributed by atoms with van der Waals surface area (Å²) in [6, 6.07) is 4.87. The van der Waals surface area contributed by atoms with Gasteiger partial charge in [0.1, 0.15) is 28.2 Å². The van der Waals surface area contributed by atoms with E-state index in [1.54, 1.807) is 29.3 Å². The number of fused-ring (bicyclic) bond motifs is 2. The van der Waals surface area contributed by atoms with Crippen molar-refractivity contribution >= 4 is 63.0 Å². The Labute approximate surface area is 226 Å². The Balaban J connectivity index is 1.18. The van der Waals surface area contributed by atoms with Crippen LogP contribution in [0.5, 0.6) is 5.75 Å². The molecule has 2 aliphatic carbocycles. The van der Waals surface area contributed by atoms with E-state index in [0.29, 0.717) is 54.9 Å². The van der Waals surface area contributed by atoms with E-state index in [1.165, 1.54) is 16.0 Å². The van der Waals surface area contributed by atoms with Gasteiger partial charge >= 0.3 is 0 Å². The molecule has 6 rings (SSSR count). The maximum Gasteiger partial charge on any atom is 0.269 e. The molecule has 3 aromatic rings. The number of likely N-dealkylation sites (tertiary alicyclic amines) is 1. The summed E-state index contributed by atoms with van der Waals surface area (Å²) >= 11 is 13.7. The summed E-state index contributed by atoms with van der Waals surface area (Å²) in [5.41, 5.74) is 6.25. The van der Waals surface area contributed by atoms with Crippen molar-refractivity contribution in [1.29, 1.82) is 0 Å². The van der Waals surface area contributed by atoms with Crippen LogP contribution in [0.25, 0.3) is 10.9 Å². The highest BCUT2D eigenvalue weighted by atomic mass is 35.5. The molecule has 1 saturated heterocycles. The van der Waals surface area contributed by atoms with Gasteiger partial charge in [-0.25, -0.2) is 4.98 Å². The molecular weight excluding hydrogens is 537 g/mol. The highest BCUT2D eigenvalue weighted by Gasteiger charge is 2.56. The molecule has 194 valence electrons. The minimum Gasteiger partial charge on any atom is -0.486 e. The molecule has 2 saturated carbocycles. The molecule has 2 amide bonds. The monoisotopic (exact) mass is 561 g/mol. The minimum absolute atomic E-state index is 0.0572. The van der Waals surface area contributed by atoms with Crippen LogP contribution >= 0.6 is 34.5 Å². The van der Waals surface area contributed by atoms with Crippen LogP contribution in [0, 0.1) is 11.8 Å². The van der Waals surface area contributed by atoms with E-state index in [0.717, 1.165) is 11.4 Å². The fourth-order valence-corrected chi connectivity index (χ4v) is 6.52. The number of ether oxygens (including phenoxy) is 1. The van der Waals surface area contributed by atoms with Crippen molar-refractivity contribution in [3.8, 4) is 5.75 Å². The van der Waals surface area contributed by atoms with Gasteiger partial charge in [0.25, 0.3) is 5.91 Å². The van der Waals surface area contributed by atoms with Gasteiger partial charge in [0.15, 0.2) is 11.5 Å². The Hall–Kier alpha value is -2.69. The Morgan fingerprint density at radius 2 is 2.05 bits per heavy atom. The molecule has 3 fully saturated rings. The first-order valence-electron chi connectivity index (χ1n) is 12.2. The number of rotatable bonds is 10. The van der Waals surface area contributed by atoms with Crippen molar-refractivity contribution in [2.75, 3.05) is 0 Å². The number of nitrogens with two attached hydrogens (primary N) is 1. The number of piperidine rings is 1. The number of hydrogen-bond donors (Lipinski definition) is 1. The fourth-order valence-electron chi connectivity index (χ4n) is 5.40. The Bertz CT molecular complexity index is 1390. The van der Waals surface area contributed by atoms with E-state index >= 15 is 0 Å². The lowest BCUT2D eigenvalue weighted by Gasteiger charge is -2.27. The van der Waals surface area contributed by atoms with Gasteiger partial charge in [0.2, 0.25) is 5.91 Å². The zero-order chi connectivity index (χ0) is 25.9. The smallest absolute Gasteiger partial charge is 0.269 e. The zero-order valence-corrected chi connectivity index (χ0v) is 22.1. The van der Waals surface area contributed by atoms with Crippen LogP contribution < -0.4 is 10.5 Å². The third-order valence-corrected chi connectivity index (χ3v) is 9.22. The van der Waals surface area contributed by atoms with Gasteiger partial charge in [-0.15, -0.1) is 34.5 Å². The molecule has 0 unspecified atom stereocenters. The quantitative estimate of drug-likeness (QED) is 0.377. The number of primary amides is 1. The first kappa shape index (κ1) is 24.6. The van der Waals surface area contributed by atoms with Gasteiger partial charge in [-0.3, -0.25) is 19.1 Å². The van der Waals surface area contributed by atoms with Gasteiger partial charge in [-0.05, 0) is 55.7 Å². The maximum atomic E-state index is 13.5. The molecule has 1 aromatic carbocycles. The highest BCUT2D eigenvalue weighted by molar-refractivity contribution is 7.09.